The van der Waals surface area contributed by atoms with Crippen LogP contribution in [0.3, 0.4) is 0 Å². The Balaban J connectivity index is 1.35. The molecule has 0 saturated carbocycles. The fourth-order valence-corrected chi connectivity index (χ4v) is 10.9. The molecular formula is C28H22GeN2O2. The number of hydrogen-bond acceptors (Lipinski definition) is 2. The molecule has 0 aliphatic carbocycles. The van der Waals surface area contributed by atoms with Gasteiger partial charge in [-0.25, -0.2) is 0 Å². The number of furan rings is 2. The molecule has 6 aromatic heterocycles. The standard InChI is InChI=1S/C28H22GeN2O2/c1-15-11-30-23-7-5-17(9-19(23)21-13-32-27(15)25(21)30)29(3,4)18-6-8-24-20(10-18)22-14-33-28-16(2)12-31(24)26(22)28/h5-14H,1-4H3. The van der Waals surface area contributed by atoms with Crippen LogP contribution >= 0.6 is 0 Å². The van der Waals surface area contributed by atoms with E-state index >= 15 is 0 Å². The fraction of sp³-hybridized carbons (Fsp3) is 0.143. The van der Waals surface area contributed by atoms with E-state index in [2.05, 4.69) is 83.0 Å². The second-order valence-corrected chi connectivity index (χ2v) is 19.3. The van der Waals surface area contributed by atoms with E-state index < -0.39 is 13.3 Å². The zero-order valence-corrected chi connectivity index (χ0v) is 21.1. The van der Waals surface area contributed by atoms with Crippen LogP contribution in [0.4, 0.5) is 0 Å². The topological polar surface area (TPSA) is 35.1 Å². The summed E-state index contributed by atoms with van der Waals surface area (Å²) in [6, 6.07) is 14.2. The molecule has 8 rings (SSSR count). The summed E-state index contributed by atoms with van der Waals surface area (Å²) in [5.74, 6) is 5.00. The van der Waals surface area contributed by atoms with E-state index in [1.54, 1.807) is 0 Å². The summed E-state index contributed by atoms with van der Waals surface area (Å²) in [4.78, 5) is 0. The van der Waals surface area contributed by atoms with Gasteiger partial charge in [0.1, 0.15) is 0 Å². The first-order valence-electron chi connectivity index (χ1n) is 11.4. The van der Waals surface area contributed by atoms with Crippen molar-refractivity contribution in [3.63, 3.8) is 0 Å². The van der Waals surface area contributed by atoms with Gasteiger partial charge in [0, 0.05) is 0 Å². The quantitative estimate of drug-likeness (QED) is 0.266. The van der Waals surface area contributed by atoms with Gasteiger partial charge >= 0.3 is 192 Å². The maximum absolute atomic E-state index is 5.90. The second-order valence-electron chi connectivity index (χ2n) is 10.1. The van der Waals surface area contributed by atoms with Crippen LogP contribution in [0.25, 0.3) is 54.8 Å². The van der Waals surface area contributed by atoms with Gasteiger partial charge in [0.25, 0.3) is 0 Å². The third-order valence-electron chi connectivity index (χ3n) is 7.91. The van der Waals surface area contributed by atoms with Gasteiger partial charge < -0.3 is 0 Å². The predicted molar refractivity (Wildman–Crippen MR) is 138 cm³/mol. The molecule has 0 N–H and O–H groups in total. The van der Waals surface area contributed by atoms with Crippen molar-refractivity contribution in [2.75, 3.05) is 0 Å². The van der Waals surface area contributed by atoms with Gasteiger partial charge in [-0.15, -0.1) is 0 Å². The van der Waals surface area contributed by atoms with Gasteiger partial charge in [0.2, 0.25) is 0 Å². The Hall–Kier alpha value is -3.38. The third-order valence-corrected chi connectivity index (χ3v) is 15.3. The van der Waals surface area contributed by atoms with E-state index in [1.807, 2.05) is 12.5 Å². The van der Waals surface area contributed by atoms with Gasteiger partial charge in [0.05, 0.1) is 0 Å². The van der Waals surface area contributed by atoms with Crippen molar-refractivity contribution in [1.82, 2.24) is 8.80 Å². The van der Waals surface area contributed by atoms with Crippen molar-refractivity contribution < 1.29 is 8.83 Å². The molecule has 4 nitrogen and oxygen atoms in total. The van der Waals surface area contributed by atoms with Crippen LogP contribution in [0, 0.1) is 13.8 Å². The summed E-state index contributed by atoms with van der Waals surface area (Å²) < 4.78 is 19.4. The minimum absolute atomic E-state index is 1.01. The van der Waals surface area contributed by atoms with Crippen molar-refractivity contribution in [2.24, 2.45) is 0 Å². The third kappa shape index (κ3) is 2.00. The molecule has 0 saturated heterocycles. The van der Waals surface area contributed by atoms with Gasteiger partial charge in [-0.1, -0.05) is 0 Å². The first-order valence-corrected chi connectivity index (χ1v) is 17.7. The molecule has 5 heteroatoms. The number of benzene rings is 2. The van der Waals surface area contributed by atoms with Crippen LogP contribution in [0.1, 0.15) is 11.1 Å². The molecule has 0 bridgehead atoms. The maximum atomic E-state index is 5.90. The van der Waals surface area contributed by atoms with Gasteiger partial charge in [-0.2, -0.15) is 0 Å². The van der Waals surface area contributed by atoms with E-state index in [0.717, 1.165) is 11.2 Å². The Bertz CT molecular complexity index is 1870. The summed E-state index contributed by atoms with van der Waals surface area (Å²) in [5, 5.41) is 5.03. The molecule has 6 heterocycles. The number of nitrogens with zero attached hydrogens (tertiary/aromatic N) is 2. The van der Waals surface area contributed by atoms with Crippen molar-refractivity contribution in [3.8, 4) is 0 Å². The van der Waals surface area contributed by atoms with Crippen LogP contribution in [0.2, 0.25) is 11.5 Å². The Morgan fingerprint density at radius 2 is 1.09 bits per heavy atom. The molecule has 0 aliphatic rings. The molecule has 0 aliphatic heterocycles. The zero-order chi connectivity index (χ0) is 22.2. The molecule has 33 heavy (non-hydrogen) atoms. The number of rotatable bonds is 2. The Kier molecular flexibility index (Phi) is 3.05. The molecular weight excluding hydrogens is 469 g/mol. The number of aryl methyl sites for hydroxylation is 2. The fourth-order valence-electron chi connectivity index (χ4n) is 6.00. The Morgan fingerprint density at radius 1 is 0.636 bits per heavy atom. The first kappa shape index (κ1) is 18.1. The molecule has 0 amide bonds. The summed E-state index contributed by atoms with van der Waals surface area (Å²) in [7, 11) is 0. The molecule has 0 unspecified atom stereocenters. The average Bonchev–Trinajstić information content (AvgIpc) is 3.60. The van der Waals surface area contributed by atoms with Crippen molar-refractivity contribution in [1.29, 1.82) is 0 Å². The number of aromatic nitrogens is 2. The minimum atomic E-state index is -2.56. The molecule has 0 fully saturated rings. The van der Waals surface area contributed by atoms with Crippen LogP contribution < -0.4 is 8.79 Å². The van der Waals surface area contributed by atoms with Gasteiger partial charge in [-0.3, -0.25) is 0 Å². The van der Waals surface area contributed by atoms with Crippen molar-refractivity contribution in [2.45, 2.75) is 25.4 Å². The van der Waals surface area contributed by atoms with Crippen LogP contribution in [0.15, 0.2) is 70.2 Å². The zero-order valence-electron chi connectivity index (χ0n) is 19.0. The molecule has 160 valence electrons. The van der Waals surface area contributed by atoms with E-state index in [9.17, 15) is 0 Å². The summed E-state index contributed by atoms with van der Waals surface area (Å²) in [5.41, 5.74) is 9.35. The van der Waals surface area contributed by atoms with Crippen molar-refractivity contribution >= 4 is 76.8 Å². The Morgan fingerprint density at radius 3 is 1.55 bits per heavy atom. The number of fused-ring (bicyclic) bond motifs is 6. The first-order chi connectivity index (χ1) is 15.9. The predicted octanol–water partition coefficient (Wildman–Crippen LogP) is 6.31. The van der Waals surface area contributed by atoms with Crippen LogP contribution in [-0.4, -0.2) is 22.1 Å². The molecule has 0 spiro atoms. The van der Waals surface area contributed by atoms with Crippen LogP contribution in [-0.2, 0) is 0 Å². The average molecular weight is 491 g/mol. The van der Waals surface area contributed by atoms with E-state index in [4.69, 9.17) is 8.83 Å². The summed E-state index contributed by atoms with van der Waals surface area (Å²) in [6.45, 7) is 4.23. The van der Waals surface area contributed by atoms with Gasteiger partial charge in [0.15, 0.2) is 0 Å². The Labute approximate surface area is 192 Å². The van der Waals surface area contributed by atoms with E-state index in [0.29, 0.717) is 0 Å². The SMILES string of the molecule is Cc1cn2c3cc[c]([Ge]([CH3])([CH3])[c]4ccc5c(c4)c4coc6c(C)cn5c64)cc3c3coc1c32. The second kappa shape index (κ2) is 5.57. The molecule has 8 aromatic rings. The van der Waals surface area contributed by atoms with E-state index in [1.165, 1.54) is 63.5 Å². The monoisotopic (exact) mass is 492 g/mol. The normalized spacial score (nSPS) is 13.5. The molecule has 0 atom stereocenters. The summed E-state index contributed by atoms with van der Waals surface area (Å²) in [6.07, 6.45) is 8.25. The molecule has 0 radical (unpaired) electrons. The molecule has 2 aromatic carbocycles. The van der Waals surface area contributed by atoms with E-state index in [-0.39, 0.29) is 0 Å². The van der Waals surface area contributed by atoms with Crippen molar-refractivity contribution in [3.05, 3.63) is 72.4 Å². The number of hydrogen-bond donors (Lipinski definition) is 0. The summed E-state index contributed by atoms with van der Waals surface area (Å²) >= 11 is -2.56. The van der Waals surface area contributed by atoms with Crippen LogP contribution in [0.5, 0.6) is 0 Å². The van der Waals surface area contributed by atoms with Gasteiger partial charge in [-0.05, 0) is 0 Å².